The minimum absolute atomic E-state index is 0.903. The monoisotopic (exact) mass is 97.1 g/mol. The van der Waals surface area contributed by atoms with Crippen LogP contribution in [0.1, 0.15) is 6.92 Å². The summed E-state index contributed by atoms with van der Waals surface area (Å²) < 4.78 is 1.76. The third-order valence-corrected chi connectivity index (χ3v) is 0.796. The van der Waals surface area contributed by atoms with E-state index < -0.39 is 0 Å². The zero-order valence-electron chi connectivity index (χ0n) is 4.20. The average Bonchev–Trinajstić information content (AvgIpc) is 2.14. The van der Waals surface area contributed by atoms with Crippen molar-refractivity contribution >= 4 is 0 Å². The van der Waals surface area contributed by atoms with Gasteiger partial charge in [0.05, 0.1) is 6.20 Å². The largest absolute Gasteiger partial charge is 0.253 e. The fraction of sp³-hybridized carbons (Fsp3) is 0.500. The van der Waals surface area contributed by atoms with Crippen LogP contribution in [0.2, 0.25) is 0 Å². The second kappa shape index (κ2) is 1.73. The van der Waals surface area contributed by atoms with Crippen LogP contribution in [-0.2, 0) is 6.54 Å². The van der Waals surface area contributed by atoms with E-state index >= 15 is 0 Å². The molecule has 0 aliphatic carbocycles. The molecule has 3 nitrogen and oxygen atoms in total. The van der Waals surface area contributed by atoms with Gasteiger partial charge in [0, 0.05) is 12.7 Å². The van der Waals surface area contributed by atoms with Gasteiger partial charge in [0.25, 0.3) is 0 Å². The predicted octanol–water partition coefficient (Wildman–Crippen LogP) is 0.298. The summed E-state index contributed by atoms with van der Waals surface area (Å²) in [6.07, 6.45) is 3.50. The molecule has 1 aromatic heterocycles. The highest BCUT2D eigenvalue weighted by Gasteiger charge is 1.78. The van der Waals surface area contributed by atoms with Crippen LogP contribution in [0.25, 0.3) is 0 Å². The summed E-state index contributed by atoms with van der Waals surface area (Å²) in [4.78, 5) is 0. The Morgan fingerprint density at radius 3 is 2.86 bits per heavy atom. The van der Waals surface area contributed by atoms with Crippen LogP contribution in [0.3, 0.4) is 0 Å². The molecular weight excluding hydrogens is 90.1 g/mol. The molecule has 0 aliphatic rings. The Labute approximate surface area is 42.0 Å². The molecule has 0 aliphatic heterocycles. The van der Waals surface area contributed by atoms with Crippen molar-refractivity contribution in [1.29, 1.82) is 0 Å². The highest BCUT2D eigenvalue weighted by atomic mass is 15.4. The normalized spacial score (nSPS) is 9.29. The number of rotatable bonds is 1. The maximum Gasteiger partial charge on any atom is 0.0692 e. The van der Waals surface area contributed by atoms with Gasteiger partial charge in [-0.05, 0) is 6.92 Å². The van der Waals surface area contributed by atoms with Gasteiger partial charge < -0.3 is 0 Å². The molecule has 0 radical (unpaired) electrons. The van der Waals surface area contributed by atoms with Crippen molar-refractivity contribution in [3.8, 4) is 0 Å². The average molecular weight is 97.1 g/mol. The van der Waals surface area contributed by atoms with Crippen LogP contribution in [-0.4, -0.2) is 15.0 Å². The molecule has 0 fully saturated rings. The molecule has 1 rings (SSSR count). The maximum atomic E-state index is 3.70. The lowest BCUT2D eigenvalue weighted by Crippen LogP contribution is -1.92. The number of hydrogen-bond donors (Lipinski definition) is 0. The van der Waals surface area contributed by atoms with E-state index in [0.29, 0.717) is 0 Å². The Hall–Kier alpha value is -0.860. The van der Waals surface area contributed by atoms with Crippen LogP contribution in [0.4, 0.5) is 0 Å². The van der Waals surface area contributed by atoms with Crippen molar-refractivity contribution in [1.82, 2.24) is 15.0 Å². The van der Waals surface area contributed by atoms with Gasteiger partial charge in [-0.2, -0.15) is 0 Å². The highest BCUT2D eigenvalue weighted by molar-refractivity contribution is 4.61. The van der Waals surface area contributed by atoms with E-state index in [1.54, 1.807) is 10.9 Å². The second-order valence-corrected chi connectivity index (χ2v) is 1.26. The van der Waals surface area contributed by atoms with Crippen molar-refractivity contribution in [2.24, 2.45) is 0 Å². The minimum Gasteiger partial charge on any atom is -0.253 e. The Morgan fingerprint density at radius 2 is 2.57 bits per heavy atom. The molecule has 1 heterocycles. The summed E-state index contributed by atoms with van der Waals surface area (Å²) >= 11 is 0. The zero-order valence-corrected chi connectivity index (χ0v) is 4.20. The lowest BCUT2D eigenvalue weighted by molar-refractivity contribution is 0.627. The van der Waals surface area contributed by atoms with Gasteiger partial charge in [-0.25, -0.2) is 0 Å². The topological polar surface area (TPSA) is 30.7 Å². The van der Waals surface area contributed by atoms with E-state index in [1.165, 1.54) is 0 Å². The Kier molecular flexibility index (Phi) is 1.06. The highest BCUT2D eigenvalue weighted by Crippen LogP contribution is 1.75. The van der Waals surface area contributed by atoms with E-state index in [1.807, 2.05) is 13.1 Å². The van der Waals surface area contributed by atoms with Crippen LogP contribution in [0, 0.1) is 0 Å². The van der Waals surface area contributed by atoms with Crippen LogP contribution in [0.5, 0.6) is 0 Å². The van der Waals surface area contributed by atoms with Gasteiger partial charge in [-0.3, -0.25) is 4.68 Å². The fourth-order valence-corrected chi connectivity index (χ4v) is 0.401. The Bertz CT molecular complexity index is 121. The third-order valence-electron chi connectivity index (χ3n) is 0.796. The molecule has 1 aromatic rings. The van der Waals surface area contributed by atoms with Crippen molar-refractivity contribution in [3.63, 3.8) is 0 Å². The van der Waals surface area contributed by atoms with Crippen LogP contribution >= 0.6 is 0 Å². The van der Waals surface area contributed by atoms with Crippen LogP contribution in [0.15, 0.2) is 12.4 Å². The molecule has 0 N–H and O–H groups in total. The van der Waals surface area contributed by atoms with Gasteiger partial charge >= 0.3 is 0 Å². The SMILES string of the molecule is CCn1ccnn1. The molecule has 0 bridgehead atoms. The van der Waals surface area contributed by atoms with Crippen molar-refractivity contribution in [3.05, 3.63) is 12.4 Å². The Morgan fingerprint density at radius 1 is 1.71 bits per heavy atom. The maximum absolute atomic E-state index is 3.70. The quantitative estimate of drug-likeness (QED) is 0.504. The summed E-state index contributed by atoms with van der Waals surface area (Å²) in [6, 6.07) is 0. The first kappa shape index (κ1) is 4.30. The molecule has 0 saturated heterocycles. The molecule has 38 valence electrons. The molecule has 3 heteroatoms. The first-order chi connectivity index (χ1) is 3.43. The summed E-state index contributed by atoms with van der Waals surface area (Å²) in [6.45, 7) is 2.93. The predicted molar refractivity (Wildman–Crippen MR) is 25.7 cm³/mol. The van der Waals surface area contributed by atoms with E-state index in [0.717, 1.165) is 6.54 Å². The number of hydrogen-bond acceptors (Lipinski definition) is 2. The van der Waals surface area contributed by atoms with E-state index in [4.69, 9.17) is 0 Å². The van der Waals surface area contributed by atoms with Gasteiger partial charge in [0.15, 0.2) is 0 Å². The third kappa shape index (κ3) is 0.765. The second-order valence-electron chi connectivity index (χ2n) is 1.26. The Balaban J connectivity index is 2.76. The number of aromatic nitrogens is 3. The minimum atomic E-state index is 0.903. The smallest absolute Gasteiger partial charge is 0.0692 e. The summed E-state index contributed by atoms with van der Waals surface area (Å²) in [5, 5.41) is 7.31. The molecule has 0 unspecified atom stereocenters. The van der Waals surface area contributed by atoms with Crippen molar-refractivity contribution in [2.75, 3.05) is 0 Å². The molecule has 0 amide bonds. The van der Waals surface area contributed by atoms with Gasteiger partial charge in [-0.1, -0.05) is 5.21 Å². The van der Waals surface area contributed by atoms with Crippen molar-refractivity contribution < 1.29 is 0 Å². The van der Waals surface area contributed by atoms with Gasteiger partial charge in [0.2, 0.25) is 0 Å². The molecule has 0 saturated carbocycles. The van der Waals surface area contributed by atoms with E-state index in [2.05, 4.69) is 10.3 Å². The van der Waals surface area contributed by atoms with E-state index in [-0.39, 0.29) is 0 Å². The summed E-state index contributed by atoms with van der Waals surface area (Å²) in [7, 11) is 0. The first-order valence-corrected chi connectivity index (χ1v) is 2.27. The van der Waals surface area contributed by atoms with Crippen molar-refractivity contribution in [2.45, 2.75) is 13.5 Å². The zero-order chi connectivity index (χ0) is 5.11. The molecular formula is C4H7N3. The van der Waals surface area contributed by atoms with E-state index in [9.17, 15) is 0 Å². The molecule has 0 aromatic carbocycles. The summed E-state index contributed by atoms with van der Waals surface area (Å²) in [5.41, 5.74) is 0. The van der Waals surface area contributed by atoms with Gasteiger partial charge in [-0.15, -0.1) is 5.10 Å². The lowest BCUT2D eigenvalue weighted by Gasteiger charge is -1.85. The standard InChI is InChI=1S/C4H7N3/c1-2-7-4-3-5-6-7/h3-4H,2H2,1H3. The fourth-order valence-electron chi connectivity index (χ4n) is 0.401. The molecule has 7 heavy (non-hydrogen) atoms. The van der Waals surface area contributed by atoms with Gasteiger partial charge in [0.1, 0.15) is 0 Å². The molecule has 0 spiro atoms. The first-order valence-electron chi connectivity index (χ1n) is 2.27. The summed E-state index contributed by atoms with van der Waals surface area (Å²) in [5.74, 6) is 0. The number of nitrogens with zero attached hydrogens (tertiary/aromatic N) is 3. The molecule has 0 atom stereocenters. The van der Waals surface area contributed by atoms with Crippen LogP contribution < -0.4 is 0 Å². The lowest BCUT2D eigenvalue weighted by atomic mass is 10.7. The number of aryl methyl sites for hydroxylation is 1.